The van der Waals surface area contributed by atoms with Crippen molar-refractivity contribution in [2.24, 2.45) is 0 Å². The van der Waals surface area contributed by atoms with Crippen molar-refractivity contribution in [2.75, 3.05) is 26.7 Å². The van der Waals surface area contributed by atoms with Crippen molar-refractivity contribution < 1.29 is 22.7 Å². The molecule has 2 unspecified atom stereocenters. The number of piperazine rings is 1. The van der Waals surface area contributed by atoms with E-state index in [0.29, 0.717) is 25.4 Å². The number of hydrogen-bond acceptors (Lipinski definition) is 3. The number of nitrogens with one attached hydrogen (secondary N) is 1. The first kappa shape index (κ1) is 20.2. The van der Waals surface area contributed by atoms with Crippen LogP contribution in [-0.4, -0.2) is 43.7 Å². The molecule has 1 aliphatic heterocycles. The molecular weight excluding hydrogens is 369 g/mol. The summed E-state index contributed by atoms with van der Waals surface area (Å²) in [7, 11) is 1.54. The number of para-hydroxylation sites is 1. The van der Waals surface area contributed by atoms with E-state index in [9.17, 15) is 18.0 Å². The maximum absolute atomic E-state index is 13.7. The summed E-state index contributed by atoms with van der Waals surface area (Å²) in [6.07, 6.45) is -5.11. The molecule has 0 aromatic heterocycles. The van der Waals surface area contributed by atoms with Crippen LogP contribution in [0.5, 0.6) is 5.75 Å². The zero-order valence-corrected chi connectivity index (χ0v) is 15.6. The van der Waals surface area contributed by atoms with Crippen molar-refractivity contribution in [3.8, 4) is 5.75 Å². The van der Waals surface area contributed by atoms with Gasteiger partial charge in [-0.05, 0) is 11.6 Å². The highest BCUT2D eigenvalue weighted by Gasteiger charge is 2.43. The van der Waals surface area contributed by atoms with Crippen LogP contribution in [0.15, 0.2) is 54.6 Å². The first-order valence-corrected chi connectivity index (χ1v) is 9.16. The number of hydrogen-bond donors (Lipinski definition) is 1. The first-order valence-electron chi connectivity index (χ1n) is 9.16. The van der Waals surface area contributed by atoms with Crippen LogP contribution >= 0.6 is 0 Å². The predicted octanol–water partition coefficient (Wildman–Crippen LogP) is 3.90. The monoisotopic (exact) mass is 392 g/mol. The van der Waals surface area contributed by atoms with Crippen LogP contribution in [-0.2, 0) is 4.79 Å². The molecule has 4 nitrogen and oxygen atoms in total. The molecule has 1 fully saturated rings. The van der Waals surface area contributed by atoms with Crippen molar-refractivity contribution in [1.29, 1.82) is 0 Å². The van der Waals surface area contributed by atoms with Gasteiger partial charge in [-0.2, -0.15) is 13.2 Å². The fourth-order valence-corrected chi connectivity index (χ4v) is 3.62. The highest BCUT2D eigenvalue weighted by molar-refractivity contribution is 5.78. The standard InChI is InChI=1S/C21H23F3N2O2/c1-28-19-10-6-5-9-16(19)18-14-25-11-12-26(18)20(27)13-17(21(22,23)24)15-7-3-2-4-8-15/h2-10,17-18,25H,11-14H2,1H3. The fraction of sp³-hybridized carbons (Fsp3) is 0.381. The van der Waals surface area contributed by atoms with Gasteiger partial charge in [0.05, 0.1) is 19.1 Å². The molecule has 0 aliphatic carbocycles. The van der Waals surface area contributed by atoms with Gasteiger partial charge in [0.15, 0.2) is 0 Å². The smallest absolute Gasteiger partial charge is 0.396 e. The normalized spacial score (nSPS) is 18.6. The second kappa shape index (κ2) is 8.65. The average Bonchev–Trinajstić information content (AvgIpc) is 2.71. The third-order valence-corrected chi connectivity index (χ3v) is 5.04. The Morgan fingerprint density at radius 3 is 2.54 bits per heavy atom. The Balaban J connectivity index is 1.86. The molecule has 150 valence electrons. The lowest BCUT2D eigenvalue weighted by Crippen LogP contribution is -2.49. The zero-order valence-electron chi connectivity index (χ0n) is 15.6. The quantitative estimate of drug-likeness (QED) is 0.839. The summed E-state index contributed by atoms with van der Waals surface area (Å²) >= 11 is 0. The number of nitrogens with zero attached hydrogens (tertiary/aromatic N) is 1. The van der Waals surface area contributed by atoms with Crippen LogP contribution in [0.4, 0.5) is 13.2 Å². The number of ether oxygens (including phenoxy) is 1. The van der Waals surface area contributed by atoms with E-state index in [4.69, 9.17) is 4.74 Å². The van der Waals surface area contributed by atoms with Gasteiger partial charge in [0.1, 0.15) is 5.75 Å². The van der Waals surface area contributed by atoms with Crippen LogP contribution in [0.3, 0.4) is 0 Å². The minimum Gasteiger partial charge on any atom is -0.496 e. The van der Waals surface area contributed by atoms with E-state index in [1.165, 1.54) is 24.1 Å². The summed E-state index contributed by atoms with van der Waals surface area (Å²) in [6, 6.07) is 14.5. The van der Waals surface area contributed by atoms with Crippen LogP contribution in [0, 0.1) is 0 Å². The molecule has 3 rings (SSSR count). The Hall–Kier alpha value is -2.54. The van der Waals surface area contributed by atoms with E-state index in [-0.39, 0.29) is 11.6 Å². The van der Waals surface area contributed by atoms with Gasteiger partial charge in [-0.1, -0.05) is 48.5 Å². The lowest BCUT2D eigenvalue weighted by molar-refractivity contribution is -0.162. The van der Waals surface area contributed by atoms with Crippen LogP contribution in [0.2, 0.25) is 0 Å². The summed E-state index contributed by atoms with van der Waals surface area (Å²) < 4.78 is 46.4. The fourth-order valence-electron chi connectivity index (χ4n) is 3.62. The summed E-state index contributed by atoms with van der Waals surface area (Å²) in [5.41, 5.74) is 0.890. The molecule has 0 bridgehead atoms. The lowest BCUT2D eigenvalue weighted by atomic mass is 9.93. The van der Waals surface area contributed by atoms with Gasteiger partial charge in [0, 0.05) is 31.6 Å². The molecule has 2 aromatic carbocycles. The number of benzene rings is 2. The molecular formula is C21H23F3N2O2. The minimum atomic E-state index is -4.50. The predicted molar refractivity (Wildman–Crippen MR) is 100 cm³/mol. The van der Waals surface area contributed by atoms with E-state index in [1.54, 1.807) is 24.3 Å². The largest absolute Gasteiger partial charge is 0.496 e. The molecule has 1 saturated heterocycles. The Labute approximate surface area is 162 Å². The summed E-state index contributed by atoms with van der Waals surface area (Å²) in [5.74, 6) is -1.72. The van der Waals surface area contributed by atoms with Gasteiger partial charge in [0.2, 0.25) is 5.91 Å². The molecule has 1 N–H and O–H groups in total. The van der Waals surface area contributed by atoms with Gasteiger partial charge < -0.3 is 15.0 Å². The topological polar surface area (TPSA) is 41.6 Å². The Morgan fingerprint density at radius 2 is 1.86 bits per heavy atom. The maximum Gasteiger partial charge on any atom is 0.396 e. The van der Waals surface area contributed by atoms with E-state index >= 15 is 0 Å². The molecule has 2 aromatic rings. The molecule has 0 radical (unpaired) electrons. The van der Waals surface area contributed by atoms with E-state index < -0.39 is 24.4 Å². The highest BCUT2D eigenvalue weighted by Crippen LogP contribution is 2.39. The van der Waals surface area contributed by atoms with Gasteiger partial charge in [-0.15, -0.1) is 0 Å². The highest BCUT2D eigenvalue weighted by atomic mass is 19.4. The van der Waals surface area contributed by atoms with E-state index in [1.807, 2.05) is 18.2 Å². The second-order valence-corrected chi connectivity index (χ2v) is 6.76. The molecule has 0 spiro atoms. The Bertz CT molecular complexity index is 796. The molecule has 1 heterocycles. The van der Waals surface area contributed by atoms with Crippen LogP contribution in [0.1, 0.15) is 29.5 Å². The van der Waals surface area contributed by atoms with Crippen molar-refractivity contribution >= 4 is 5.91 Å². The molecule has 2 atom stereocenters. The van der Waals surface area contributed by atoms with Crippen molar-refractivity contribution in [1.82, 2.24) is 10.2 Å². The third-order valence-electron chi connectivity index (χ3n) is 5.04. The first-order chi connectivity index (χ1) is 13.4. The van der Waals surface area contributed by atoms with Crippen molar-refractivity contribution in [3.63, 3.8) is 0 Å². The summed E-state index contributed by atoms with van der Waals surface area (Å²) in [6.45, 7) is 1.36. The summed E-state index contributed by atoms with van der Waals surface area (Å²) in [5, 5.41) is 3.21. The molecule has 0 saturated carbocycles. The number of carbonyl (C=O) groups excluding carboxylic acids is 1. The van der Waals surface area contributed by atoms with Gasteiger partial charge in [-0.3, -0.25) is 4.79 Å². The van der Waals surface area contributed by atoms with Crippen molar-refractivity contribution in [3.05, 3.63) is 65.7 Å². The zero-order chi connectivity index (χ0) is 20.1. The van der Waals surface area contributed by atoms with E-state index in [0.717, 1.165) is 5.56 Å². The average molecular weight is 392 g/mol. The SMILES string of the molecule is COc1ccccc1C1CNCCN1C(=O)CC(c1ccccc1)C(F)(F)F. The molecule has 1 aliphatic rings. The number of carbonyl (C=O) groups is 1. The van der Waals surface area contributed by atoms with Gasteiger partial charge in [-0.25, -0.2) is 0 Å². The number of methoxy groups -OCH3 is 1. The minimum absolute atomic E-state index is 0.104. The third kappa shape index (κ3) is 4.47. The molecule has 7 heteroatoms. The number of alkyl halides is 3. The maximum atomic E-state index is 13.7. The van der Waals surface area contributed by atoms with E-state index in [2.05, 4.69) is 5.32 Å². The Morgan fingerprint density at radius 1 is 1.18 bits per heavy atom. The lowest BCUT2D eigenvalue weighted by Gasteiger charge is -2.38. The number of rotatable bonds is 5. The molecule has 28 heavy (non-hydrogen) atoms. The number of amides is 1. The van der Waals surface area contributed by atoms with Gasteiger partial charge in [0.25, 0.3) is 0 Å². The van der Waals surface area contributed by atoms with Crippen LogP contribution < -0.4 is 10.1 Å². The second-order valence-electron chi connectivity index (χ2n) is 6.76. The van der Waals surface area contributed by atoms with Crippen molar-refractivity contribution in [2.45, 2.75) is 24.6 Å². The van der Waals surface area contributed by atoms with Crippen LogP contribution in [0.25, 0.3) is 0 Å². The molecule has 1 amide bonds. The summed E-state index contributed by atoms with van der Waals surface area (Å²) in [4.78, 5) is 14.5. The van der Waals surface area contributed by atoms with Gasteiger partial charge >= 0.3 is 6.18 Å². The number of halogens is 3. The Kier molecular flexibility index (Phi) is 6.24.